The Morgan fingerprint density at radius 3 is 2.81 bits per heavy atom. The van der Waals surface area contributed by atoms with E-state index in [0.717, 1.165) is 5.56 Å². The van der Waals surface area contributed by atoms with Crippen LogP contribution in [0.5, 0.6) is 0 Å². The smallest absolute Gasteiger partial charge is 0.245 e. The number of anilines is 1. The Kier molecular flexibility index (Phi) is 4.63. The molecular weight excluding hydrogens is 295 g/mol. The van der Waals surface area contributed by atoms with Crippen molar-refractivity contribution in [2.75, 3.05) is 17.2 Å². The average Bonchev–Trinajstić information content (AvgIpc) is 2.44. The van der Waals surface area contributed by atoms with Crippen molar-refractivity contribution in [1.82, 2.24) is 4.72 Å². The fourth-order valence-electron chi connectivity index (χ4n) is 2.35. The molecule has 1 heterocycles. The van der Waals surface area contributed by atoms with Crippen LogP contribution in [-0.4, -0.2) is 32.7 Å². The first-order valence-electron chi connectivity index (χ1n) is 6.91. The van der Waals surface area contributed by atoms with Gasteiger partial charge in [0.2, 0.25) is 15.9 Å². The number of carbonyl (C=O) groups is 1. The molecule has 116 valence electrons. The van der Waals surface area contributed by atoms with Crippen LogP contribution in [0.3, 0.4) is 0 Å². The molecule has 1 N–H and O–H groups in total. The second-order valence-corrected chi connectivity index (χ2v) is 7.20. The van der Waals surface area contributed by atoms with Crippen molar-refractivity contribution in [3.63, 3.8) is 0 Å². The van der Waals surface area contributed by atoms with E-state index in [1.807, 2.05) is 6.92 Å². The van der Waals surface area contributed by atoms with Gasteiger partial charge in [0.15, 0.2) is 0 Å². The molecule has 21 heavy (non-hydrogen) atoms. The molecule has 1 amide bonds. The molecule has 1 saturated heterocycles. The number of benzene rings is 1. The molecule has 1 fully saturated rings. The standard InChI is InChI=1S/C14H19FN2O3S/c1-3-21(19,20)16-12-5-4-8-17(14(12)18)13-9-10(2)6-7-11(13)15/h6-7,9,12,16H,3-5,8H2,1-2H3. The van der Waals surface area contributed by atoms with Crippen molar-refractivity contribution in [2.45, 2.75) is 32.7 Å². The molecular formula is C14H19FN2O3S. The van der Waals surface area contributed by atoms with Crippen molar-refractivity contribution >= 4 is 21.6 Å². The number of amides is 1. The van der Waals surface area contributed by atoms with Gasteiger partial charge in [-0.1, -0.05) is 6.07 Å². The third-order valence-corrected chi connectivity index (χ3v) is 4.94. The fourth-order valence-corrected chi connectivity index (χ4v) is 3.17. The van der Waals surface area contributed by atoms with Gasteiger partial charge in [-0.05, 0) is 44.4 Å². The Balaban J connectivity index is 2.26. The molecule has 0 saturated carbocycles. The predicted octanol–water partition coefficient (Wildman–Crippen LogP) is 1.57. The monoisotopic (exact) mass is 314 g/mol. The van der Waals surface area contributed by atoms with Crippen LogP contribution in [0, 0.1) is 12.7 Å². The number of nitrogens with one attached hydrogen (secondary N) is 1. The van der Waals surface area contributed by atoms with Gasteiger partial charge in [-0.15, -0.1) is 0 Å². The summed E-state index contributed by atoms with van der Waals surface area (Å²) in [6.45, 7) is 3.71. The number of nitrogens with zero attached hydrogens (tertiary/aromatic N) is 1. The molecule has 0 aromatic heterocycles. The summed E-state index contributed by atoms with van der Waals surface area (Å²) >= 11 is 0. The molecule has 0 radical (unpaired) electrons. The zero-order valence-corrected chi connectivity index (χ0v) is 12.9. The third-order valence-electron chi connectivity index (χ3n) is 3.53. The number of rotatable bonds is 4. The van der Waals surface area contributed by atoms with Crippen molar-refractivity contribution in [3.05, 3.63) is 29.6 Å². The largest absolute Gasteiger partial charge is 0.308 e. The fraction of sp³-hybridized carbons (Fsp3) is 0.500. The second kappa shape index (κ2) is 6.11. The van der Waals surface area contributed by atoms with E-state index in [1.54, 1.807) is 12.1 Å². The summed E-state index contributed by atoms with van der Waals surface area (Å²) in [5, 5.41) is 0. The molecule has 0 aliphatic carbocycles. The lowest BCUT2D eigenvalue weighted by atomic mass is 10.0. The van der Waals surface area contributed by atoms with Crippen LogP contribution in [0.1, 0.15) is 25.3 Å². The molecule has 0 spiro atoms. The number of hydrogen-bond acceptors (Lipinski definition) is 3. The SMILES string of the molecule is CCS(=O)(=O)NC1CCCN(c2cc(C)ccc2F)C1=O. The topological polar surface area (TPSA) is 66.5 Å². The normalized spacial score (nSPS) is 19.9. The summed E-state index contributed by atoms with van der Waals surface area (Å²) in [6, 6.07) is 3.73. The van der Waals surface area contributed by atoms with Crippen molar-refractivity contribution < 1.29 is 17.6 Å². The summed E-state index contributed by atoms with van der Waals surface area (Å²) in [6.07, 6.45) is 1.05. The highest BCUT2D eigenvalue weighted by Gasteiger charge is 2.33. The van der Waals surface area contributed by atoms with Gasteiger partial charge >= 0.3 is 0 Å². The molecule has 1 atom stereocenters. The molecule has 1 aromatic rings. The molecule has 2 rings (SSSR count). The maximum Gasteiger partial charge on any atom is 0.245 e. The number of sulfonamides is 1. The zero-order valence-electron chi connectivity index (χ0n) is 12.1. The van der Waals surface area contributed by atoms with Gasteiger partial charge in [0.1, 0.15) is 11.9 Å². The van der Waals surface area contributed by atoms with Gasteiger partial charge in [-0.2, -0.15) is 0 Å². The van der Waals surface area contributed by atoms with Crippen LogP contribution >= 0.6 is 0 Å². The highest BCUT2D eigenvalue weighted by molar-refractivity contribution is 7.89. The second-order valence-electron chi connectivity index (χ2n) is 5.16. The predicted molar refractivity (Wildman–Crippen MR) is 79.1 cm³/mol. The number of carbonyl (C=O) groups excluding carboxylic acids is 1. The lowest BCUT2D eigenvalue weighted by Crippen LogP contribution is -2.52. The zero-order chi connectivity index (χ0) is 15.6. The quantitative estimate of drug-likeness (QED) is 0.917. The van der Waals surface area contributed by atoms with Crippen LogP contribution in [-0.2, 0) is 14.8 Å². The minimum atomic E-state index is -3.47. The first-order chi connectivity index (χ1) is 9.84. The van der Waals surface area contributed by atoms with Gasteiger partial charge in [-0.25, -0.2) is 17.5 Å². The van der Waals surface area contributed by atoms with E-state index in [2.05, 4.69) is 4.72 Å². The first-order valence-corrected chi connectivity index (χ1v) is 8.57. The van der Waals surface area contributed by atoms with E-state index < -0.39 is 27.8 Å². The average molecular weight is 314 g/mol. The van der Waals surface area contributed by atoms with E-state index in [-0.39, 0.29) is 11.4 Å². The number of halogens is 1. The Labute approximate surface area is 124 Å². The van der Waals surface area contributed by atoms with Crippen molar-refractivity contribution in [3.8, 4) is 0 Å². The van der Waals surface area contributed by atoms with E-state index in [0.29, 0.717) is 19.4 Å². The Morgan fingerprint density at radius 2 is 2.14 bits per heavy atom. The van der Waals surface area contributed by atoms with Crippen LogP contribution in [0.15, 0.2) is 18.2 Å². The molecule has 5 nitrogen and oxygen atoms in total. The van der Waals surface area contributed by atoms with Crippen LogP contribution in [0.4, 0.5) is 10.1 Å². The maximum absolute atomic E-state index is 13.9. The molecule has 0 bridgehead atoms. The lowest BCUT2D eigenvalue weighted by Gasteiger charge is -2.32. The Morgan fingerprint density at radius 1 is 1.43 bits per heavy atom. The maximum atomic E-state index is 13.9. The van der Waals surface area contributed by atoms with Crippen molar-refractivity contribution in [2.24, 2.45) is 0 Å². The summed E-state index contributed by atoms with van der Waals surface area (Å²) in [5.74, 6) is -0.967. The first kappa shape index (κ1) is 15.9. The Bertz CT molecular complexity index is 646. The van der Waals surface area contributed by atoms with E-state index >= 15 is 0 Å². The minimum absolute atomic E-state index is 0.0877. The van der Waals surface area contributed by atoms with Crippen LogP contribution in [0.25, 0.3) is 0 Å². The molecule has 1 unspecified atom stereocenters. The van der Waals surface area contributed by atoms with Gasteiger partial charge in [-0.3, -0.25) is 4.79 Å². The van der Waals surface area contributed by atoms with Crippen molar-refractivity contribution in [1.29, 1.82) is 0 Å². The minimum Gasteiger partial charge on any atom is -0.308 e. The summed E-state index contributed by atoms with van der Waals surface area (Å²) in [7, 11) is -3.47. The lowest BCUT2D eigenvalue weighted by molar-refractivity contribution is -0.121. The highest BCUT2D eigenvalue weighted by Crippen LogP contribution is 2.25. The molecule has 7 heteroatoms. The van der Waals surface area contributed by atoms with Crippen LogP contribution < -0.4 is 9.62 Å². The number of piperidine rings is 1. The summed E-state index contributed by atoms with van der Waals surface area (Å²) in [4.78, 5) is 13.7. The molecule has 1 aliphatic rings. The summed E-state index contributed by atoms with van der Waals surface area (Å²) < 4.78 is 39.6. The van der Waals surface area contributed by atoms with Crippen LogP contribution in [0.2, 0.25) is 0 Å². The summed E-state index contributed by atoms with van der Waals surface area (Å²) in [5.41, 5.74) is 1.05. The van der Waals surface area contributed by atoms with Gasteiger partial charge in [0.05, 0.1) is 11.4 Å². The van der Waals surface area contributed by atoms with E-state index in [4.69, 9.17) is 0 Å². The molecule has 1 aromatic carbocycles. The number of hydrogen-bond donors (Lipinski definition) is 1. The molecule has 1 aliphatic heterocycles. The number of aryl methyl sites for hydroxylation is 1. The van der Waals surface area contributed by atoms with E-state index in [1.165, 1.54) is 17.9 Å². The highest BCUT2D eigenvalue weighted by atomic mass is 32.2. The van der Waals surface area contributed by atoms with Gasteiger partial charge < -0.3 is 4.90 Å². The van der Waals surface area contributed by atoms with E-state index in [9.17, 15) is 17.6 Å². The van der Waals surface area contributed by atoms with Gasteiger partial charge in [0, 0.05) is 6.54 Å². The third kappa shape index (κ3) is 3.59. The van der Waals surface area contributed by atoms with Gasteiger partial charge in [0.25, 0.3) is 0 Å². The Hall–Kier alpha value is -1.47.